The van der Waals surface area contributed by atoms with Crippen molar-refractivity contribution in [1.29, 1.82) is 0 Å². The van der Waals surface area contributed by atoms with Crippen molar-refractivity contribution in [3.63, 3.8) is 0 Å². The smallest absolute Gasteiger partial charge is 0.231 e. The fourth-order valence-corrected chi connectivity index (χ4v) is 2.25. The lowest BCUT2D eigenvalue weighted by Gasteiger charge is -2.14. The van der Waals surface area contributed by atoms with Crippen molar-refractivity contribution in [2.45, 2.75) is 26.1 Å². The number of nitrogens with zero attached hydrogens (tertiary/aromatic N) is 3. The van der Waals surface area contributed by atoms with Gasteiger partial charge in [0.25, 0.3) is 0 Å². The zero-order valence-corrected chi connectivity index (χ0v) is 12.1. The molecule has 1 N–H and O–H groups in total. The van der Waals surface area contributed by atoms with Crippen LogP contribution in [0.3, 0.4) is 0 Å². The van der Waals surface area contributed by atoms with Gasteiger partial charge >= 0.3 is 0 Å². The second-order valence-corrected chi connectivity index (χ2v) is 4.93. The molecule has 2 aromatic rings. The third-order valence-electron chi connectivity index (χ3n) is 3.30. The van der Waals surface area contributed by atoms with Gasteiger partial charge in [-0.3, -0.25) is 4.68 Å². The molecule has 0 radical (unpaired) electrons. The average molecular weight is 290 g/mol. The minimum Gasteiger partial charge on any atom is -0.493 e. The number of hydrogen-bond donors (Lipinski definition) is 1. The van der Waals surface area contributed by atoms with Crippen LogP contribution in [0.15, 0.2) is 24.8 Å². The minimum absolute atomic E-state index is 0.241. The van der Waals surface area contributed by atoms with E-state index in [1.165, 1.54) is 6.33 Å². The van der Waals surface area contributed by atoms with Gasteiger partial charge in [-0.15, -0.1) is 0 Å². The summed E-state index contributed by atoms with van der Waals surface area (Å²) < 4.78 is 17.9. The first kappa shape index (κ1) is 13.7. The van der Waals surface area contributed by atoms with Gasteiger partial charge in [0.15, 0.2) is 11.5 Å². The highest BCUT2D eigenvalue weighted by Crippen LogP contribution is 2.41. The fourth-order valence-electron chi connectivity index (χ4n) is 2.25. The summed E-state index contributed by atoms with van der Waals surface area (Å²) in [5.74, 6) is 2.11. The van der Waals surface area contributed by atoms with Crippen LogP contribution in [-0.4, -0.2) is 34.7 Å². The number of hydrogen-bond acceptors (Lipinski definition) is 6. The molecule has 0 amide bonds. The van der Waals surface area contributed by atoms with Gasteiger partial charge in [0.05, 0.1) is 13.7 Å². The van der Waals surface area contributed by atoms with Crippen LogP contribution in [0.25, 0.3) is 0 Å². The van der Waals surface area contributed by atoms with Gasteiger partial charge in [0, 0.05) is 12.6 Å². The first-order chi connectivity index (χ1) is 10.3. The molecule has 1 aromatic carbocycles. The second-order valence-electron chi connectivity index (χ2n) is 4.93. The van der Waals surface area contributed by atoms with Crippen molar-refractivity contribution >= 4 is 0 Å². The van der Waals surface area contributed by atoms with Gasteiger partial charge < -0.3 is 19.5 Å². The predicted octanol–water partition coefficient (Wildman–Crippen LogP) is 1.19. The van der Waals surface area contributed by atoms with Crippen molar-refractivity contribution in [3.8, 4) is 17.2 Å². The van der Waals surface area contributed by atoms with Crippen molar-refractivity contribution in [2.75, 3.05) is 13.9 Å². The Morgan fingerprint density at radius 1 is 1.43 bits per heavy atom. The van der Waals surface area contributed by atoms with Crippen molar-refractivity contribution in [1.82, 2.24) is 20.1 Å². The van der Waals surface area contributed by atoms with E-state index in [-0.39, 0.29) is 12.8 Å². The number of benzene rings is 1. The van der Waals surface area contributed by atoms with Gasteiger partial charge in [0.2, 0.25) is 12.5 Å². The van der Waals surface area contributed by atoms with Crippen molar-refractivity contribution in [3.05, 3.63) is 30.4 Å². The zero-order valence-electron chi connectivity index (χ0n) is 12.1. The van der Waals surface area contributed by atoms with Crippen LogP contribution in [0.4, 0.5) is 0 Å². The van der Waals surface area contributed by atoms with Gasteiger partial charge in [-0.05, 0) is 24.6 Å². The molecule has 3 rings (SSSR count). The number of nitrogens with one attached hydrogen (secondary N) is 1. The predicted molar refractivity (Wildman–Crippen MR) is 75.4 cm³/mol. The lowest BCUT2D eigenvalue weighted by molar-refractivity contribution is 0.171. The lowest BCUT2D eigenvalue weighted by atomic mass is 10.1. The molecule has 0 spiro atoms. The highest BCUT2D eigenvalue weighted by Gasteiger charge is 2.20. The van der Waals surface area contributed by atoms with E-state index in [0.717, 1.165) is 17.9 Å². The molecule has 1 aliphatic rings. The van der Waals surface area contributed by atoms with Crippen LogP contribution >= 0.6 is 0 Å². The first-order valence-corrected chi connectivity index (χ1v) is 6.78. The maximum Gasteiger partial charge on any atom is 0.231 e. The Labute approximate surface area is 122 Å². The van der Waals surface area contributed by atoms with Gasteiger partial charge in [0.1, 0.15) is 12.7 Å². The maximum absolute atomic E-state index is 5.42. The Hall–Kier alpha value is -2.28. The van der Waals surface area contributed by atoms with Gasteiger partial charge in [-0.1, -0.05) is 0 Å². The summed E-state index contributed by atoms with van der Waals surface area (Å²) in [6.07, 6.45) is 3.25. The molecular weight excluding hydrogens is 272 g/mol. The number of fused-ring (bicyclic) bond motifs is 1. The van der Waals surface area contributed by atoms with E-state index in [2.05, 4.69) is 22.3 Å². The highest BCUT2D eigenvalue weighted by molar-refractivity contribution is 5.55. The zero-order chi connectivity index (χ0) is 14.7. The molecule has 7 nitrogen and oxygen atoms in total. The molecule has 0 fully saturated rings. The van der Waals surface area contributed by atoms with Crippen molar-refractivity contribution in [2.24, 2.45) is 0 Å². The molecule has 0 bridgehead atoms. The number of ether oxygens (including phenoxy) is 3. The number of aromatic nitrogens is 3. The van der Waals surface area contributed by atoms with Crippen LogP contribution in [0.1, 0.15) is 12.5 Å². The summed E-state index contributed by atoms with van der Waals surface area (Å²) in [6, 6.07) is 4.20. The van der Waals surface area contributed by atoms with E-state index in [4.69, 9.17) is 14.2 Å². The third-order valence-corrected chi connectivity index (χ3v) is 3.30. The quantitative estimate of drug-likeness (QED) is 0.862. The number of rotatable bonds is 6. The molecule has 7 heteroatoms. The monoisotopic (exact) mass is 290 g/mol. The van der Waals surface area contributed by atoms with E-state index in [0.29, 0.717) is 18.0 Å². The third kappa shape index (κ3) is 3.08. The van der Waals surface area contributed by atoms with Crippen LogP contribution in [0, 0.1) is 0 Å². The Morgan fingerprint density at radius 3 is 3.10 bits per heavy atom. The average Bonchev–Trinajstić information content (AvgIpc) is 3.15. The summed E-state index contributed by atoms with van der Waals surface area (Å²) in [5, 5.41) is 7.53. The largest absolute Gasteiger partial charge is 0.493 e. The second kappa shape index (κ2) is 6.01. The topological polar surface area (TPSA) is 70.4 Å². The molecule has 21 heavy (non-hydrogen) atoms. The SMILES string of the molecule is COc1cc(CNC(C)Cn2cncn2)cc2c1OCO2. The molecule has 1 aromatic heterocycles. The lowest BCUT2D eigenvalue weighted by Crippen LogP contribution is -2.30. The van der Waals surface area contributed by atoms with E-state index in [1.54, 1.807) is 18.1 Å². The molecular formula is C14H18N4O3. The molecule has 1 atom stereocenters. The summed E-state index contributed by atoms with van der Waals surface area (Å²) in [6.45, 7) is 3.82. The Kier molecular flexibility index (Phi) is 3.92. The van der Waals surface area contributed by atoms with Crippen LogP contribution in [0.5, 0.6) is 17.2 Å². The molecule has 0 saturated carbocycles. The fraction of sp³-hybridized carbons (Fsp3) is 0.429. The van der Waals surface area contributed by atoms with Crippen LogP contribution in [0.2, 0.25) is 0 Å². The first-order valence-electron chi connectivity index (χ1n) is 6.78. The molecule has 1 unspecified atom stereocenters. The normalized spacial score (nSPS) is 14.2. The molecule has 0 aliphatic carbocycles. The molecule has 2 heterocycles. The van der Waals surface area contributed by atoms with E-state index in [1.807, 2.05) is 12.1 Å². The summed E-state index contributed by atoms with van der Waals surface area (Å²) in [4.78, 5) is 3.93. The molecule has 112 valence electrons. The maximum atomic E-state index is 5.42. The molecule has 0 saturated heterocycles. The Bertz CT molecular complexity index is 601. The van der Waals surface area contributed by atoms with E-state index in [9.17, 15) is 0 Å². The number of methoxy groups -OCH3 is 1. The Balaban J connectivity index is 1.62. The molecule has 1 aliphatic heterocycles. The standard InChI is InChI=1S/C14H18N4O3/c1-10(6-18-8-15-7-17-18)16-5-11-3-12(19-2)14-13(4-11)20-9-21-14/h3-4,7-8,10,16H,5-6,9H2,1-2H3. The highest BCUT2D eigenvalue weighted by atomic mass is 16.7. The summed E-state index contributed by atoms with van der Waals surface area (Å²) in [7, 11) is 1.63. The van der Waals surface area contributed by atoms with Crippen LogP contribution < -0.4 is 19.5 Å². The summed E-state index contributed by atoms with van der Waals surface area (Å²) in [5.41, 5.74) is 1.08. The van der Waals surface area contributed by atoms with E-state index < -0.39 is 0 Å². The van der Waals surface area contributed by atoms with Crippen molar-refractivity contribution < 1.29 is 14.2 Å². The van der Waals surface area contributed by atoms with Gasteiger partial charge in [-0.25, -0.2) is 4.98 Å². The van der Waals surface area contributed by atoms with Gasteiger partial charge in [-0.2, -0.15) is 5.10 Å². The van der Waals surface area contributed by atoms with Crippen LogP contribution in [-0.2, 0) is 13.1 Å². The minimum atomic E-state index is 0.241. The Morgan fingerprint density at radius 2 is 2.33 bits per heavy atom. The summed E-state index contributed by atoms with van der Waals surface area (Å²) >= 11 is 0. The van der Waals surface area contributed by atoms with E-state index >= 15 is 0 Å².